The molecule has 106 valence electrons. The lowest BCUT2D eigenvalue weighted by molar-refractivity contribution is 0.383. The Kier molecular flexibility index (Phi) is 4.25. The monoisotopic (exact) mass is 275 g/mol. The fourth-order valence-corrected chi connectivity index (χ4v) is 2.14. The Hall–Kier alpha value is -2.07. The summed E-state index contributed by atoms with van der Waals surface area (Å²) in [6, 6.07) is 10.0. The molecule has 0 fully saturated rings. The zero-order valence-corrected chi connectivity index (χ0v) is 11.8. The highest BCUT2D eigenvalue weighted by atomic mass is 19.1. The van der Waals surface area contributed by atoms with Gasteiger partial charge in [-0.3, -0.25) is 0 Å². The summed E-state index contributed by atoms with van der Waals surface area (Å²) in [5.74, 6) is 0.500. The van der Waals surface area contributed by atoms with Crippen LogP contribution in [0.2, 0.25) is 0 Å². The van der Waals surface area contributed by atoms with Crippen molar-refractivity contribution in [2.24, 2.45) is 5.73 Å². The molecule has 0 heterocycles. The van der Waals surface area contributed by atoms with Crippen LogP contribution in [-0.2, 0) is 0 Å². The highest BCUT2D eigenvalue weighted by molar-refractivity contribution is 5.43. The summed E-state index contributed by atoms with van der Waals surface area (Å²) in [5.41, 5.74) is 8.36. The normalized spacial score (nSPS) is 12.1. The molecular formula is C16H18FNO2. The molecule has 2 aromatic rings. The molecule has 20 heavy (non-hydrogen) atoms. The largest absolute Gasteiger partial charge is 0.496 e. The Morgan fingerprint density at radius 1 is 1.05 bits per heavy atom. The predicted octanol–water partition coefficient (Wildman–Crippen LogP) is 3.20. The number of hydrogen-bond donors (Lipinski definition) is 1. The first-order valence-corrected chi connectivity index (χ1v) is 6.31. The van der Waals surface area contributed by atoms with Crippen LogP contribution >= 0.6 is 0 Å². The van der Waals surface area contributed by atoms with Crippen molar-refractivity contribution in [2.45, 2.75) is 13.0 Å². The van der Waals surface area contributed by atoms with Crippen LogP contribution in [0, 0.1) is 12.7 Å². The smallest absolute Gasteiger partial charge is 0.170 e. The molecule has 1 atom stereocenters. The Morgan fingerprint density at radius 3 is 2.40 bits per heavy atom. The summed E-state index contributed by atoms with van der Waals surface area (Å²) in [4.78, 5) is 0. The molecule has 0 aliphatic rings. The van der Waals surface area contributed by atoms with E-state index < -0.39 is 11.9 Å². The van der Waals surface area contributed by atoms with Crippen LogP contribution in [0.1, 0.15) is 22.7 Å². The van der Waals surface area contributed by atoms with Crippen molar-refractivity contribution in [2.75, 3.05) is 14.2 Å². The Morgan fingerprint density at radius 2 is 1.75 bits per heavy atom. The number of rotatable bonds is 4. The fraction of sp³-hybridized carbons (Fsp3) is 0.250. The average Bonchev–Trinajstić information content (AvgIpc) is 2.47. The second-order valence-electron chi connectivity index (χ2n) is 4.57. The van der Waals surface area contributed by atoms with E-state index in [1.807, 2.05) is 25.1 Å². The van der Waals surface area contributed by atoms with Gasteiger partial charge in [-0.1, -0.05) is 24.3 Å². The second-order valence-corrected chi connectivity index (χ2v) is 4.57. The maximum atomic E-state index is 14.2. The molecule has 3 nitrogen and oxygen atoms in total. The molecular weight excluding hydrogens is 257 g/mol. The van der Waals surface area contributed by atoms with Crippen molar-refractivity contribution in [3.8, 4) is 11.5 Å². The van der Waals surface area contributed by atoms with Crippen molar-refractivity contribution in [3.63, 3.8) is 0 Å². The van der Waals surface area contributed by atoms with E-state index in [9.17, 15) is 4.39 Å². The molecule has 1 unspecified atom stereocenters. The summed E-state index contributed by atoms with van der Waals surface area (Å²) < 4.78 is 24.5. The van der Waals surface area contributed by atoms with Gasteiger partial charge in [0.15, 0.2) is 11.6 Å². The molecule has 0 aliphatic heterocycles. The summed E-state index contributed by atoms with van der Waals surface area (Å²) in [6.07, 6.45) is 0. The van der Waals surface area contributed by atoms with Gasteiger partial charge in [0, 0.05) is 5.56 Å². The fourth-order valence-electron chi connectivity index (χ4n) is 2.14. The van der Waals surface area contributed by atoms with Gasteiger partial charge in [0.2, 0.25) is 0 Å². The van der Waals surface area contributed by atoms with E-state index in [1.54, 1.807) is 25.3 Å². The van der Waals surface area contributed by atoms with Gasteiger partial charge in [-0.05, 0) is 30.2 Å². The first-order chi connectivity index (χ1) is 9.58. The predicted molar refractivity (Wildman–Crippen MR) is 76.7 cm³/mol. The Balaban J connectivity index is 2.43. The van der Waals surface area contributed by atoms with Gasteiger partial charge in [-0.25, -0.2) is 4.39 Å². The Labute approximate surface area is 118 Å². The van der Waals surface area contributed by atoms with E-state index in [4.69, 9.17) is 15.2 Å². The van der Waals surface area contributed by atoms with Gasteiger partial charge in [0.05, 0.1) is 20.3 Å². The molecule has 4 heteroatoms. The van der Waals surface area contributed by atoms with Crippen molar-refractivity contribution in [1.29, 1.82) is 0 Å². The summed E-state index contributed by atoms with van der Waals surface area (Å²) in [5, 5.41) is 0. The van der Waals surface area contributed by atoms with Crippen LogP contribution in [0.25, 0.3) is 0 Å². The van der Waals surface area contributed by atoms with Crippen LogP contribution in [0.5, 0.6) is 11.5 Å². The molecule has 0 radical (unpaired) electrons. The lowest BCUT2D eigenvalue weighted by Gasteiger charge is -2.16. The van der Waals surface area contributed by atoms with E-state index in [-0.39, 0.29) is 5.75 Å². The minimum atomic E-state index is -0.570. The van der Waals surface area contributed by atoms with Crippen LogP contribution in [0.4, 0.5) is 4.39 Å². The molecule has 0 aliphatic carbocycles. The van der Waals surface area contributed by atoms with E-state index in [2.05, 4.69) is 0 Å². The van der Waals surface area contributed by atoms with Crippen LogP contribution < -0.4 is 15.2 Å². The maximum Gasteiger partial charge on any atom is 0.170 e. The topological polar surface area (TPSA) is 44.5 Å². The van der Waals surface area contributed by atoms with E-state index >= 15 is 0 Å². The van der Waals surface area contributed by atoms with Gasteiger partial charge >= 0.3 is 0 Å². The average molecular weight is 275 g/mol. The van der Waals surface area contributed by atoms with Gasteiger partial charge in [0.1, 0.15) is 5.75 Å². The van der Waals surface area contributed by atoms with Gasteiger partial charge in [-0.15, -0.1) is 0 Å². The number of ether oxygens (including phenoxy) is 2. The number of aryl methyl sites for hydroxylation is 1. The third kappa shape index (κ3) is 2.60. The number of benzene rings is 2. The zero-order valence-electron chi connectivity index (χ0n) is 11.8. The Bertz CT molecular complexity index is 613. The lowest BCUT2D eigenvalue weighted by Crippen LogP contribution is -2.14. The molecule has 2 N–H and O–H groups in total. The van der Waals surface area contributed by atoms with Crippen LogP contribution in [0.3, 0.4) is 0 Å². The molecule has 0 spiro atoms. The van der Waals surface area contributed by atoms with Crippen LogP contribution in [-0.4, -0.2) is 14.2 Å². The highest BCUT2D eigenvalue weighted by Gasteiger charge is 2.17. The molecule has 0 saturated carbocycles. The van der Waals surface area contributed by atoms with E-state index in [0.717, 1.165) is 16.9 Å². The number of hydrogen-bond acceptors (Lipinski definition) is 3. The van der Waals surface area contributed by atoms with Crippen molar-refractivity contribution < 1.29 is 13.9 Å². The maximum absolute atomic E-state index is 14.2. The van der Waals surface area contributed by atoms with E-state index in [0.29, 0.717) is 5.56 Å². The number of halogens is 1. The van der Waals surface area contributed by atoms with Gasteiger partial charge in [-0.2, -0.15) is 0 Å². The van der Waals surface area contributed by atoms with Crippen molar-refractivity contribution in [3.05, 3.63) is 58.9 Å². The lowest BCUT2D eigenvalue weighted by atomic mass is 9.97. The minimum Gasteiger partial charge on any atom is -0.496 e. The summed E-state index contributed by atoms with van der Waals surface area (Å²) >= 11 is 0. The zero-order chi connectivity index (χ0) is 14.7. The highest BCUT2D eigenvalue weighted by Crippen LogP contribution is 2.30. The quantitative estimate of drug-likeness (QED) is 0.932. The summed E-state index contributed by atoms with van der Waals surface area (Å²) in [6.45, 7) is 1.94. The summed E-state index contributed by atoms with van der Waals surface area (Å²) in [7, 11) is 3.03. The SMILES string of the molecule is COc1cc(C(N)c2cccc(OC)c2F)ccc1C. The molecule has 0 amide bonds. The molecule has 2 rings (SSSR count). The number of nitrogens with two attached hydrogens (primary N) is 1. The first kappa shape index (κ1) is 14.3. The third-order valence-electron chi connectivity index (χ3n) is 3.34. The molecule has 2 aromatic carbocycles. The number of methoxy groups -OCH3 is 2. The minimum absolute atomic E-state index is 0.192. The first-order valence-electron chi connectivity index (χ1n) is 6.31. The molecule has 0 bridgehead atoms. The van der Waals surface area contributed by atoms with Gasteiger partial charge in [0.25, 0.3) is 0 Å². The van der Waals surface area contributed by atoms with Crippen molar-refractivity contribution >= 4 is 0 Å². The van der Waals surface area contributed by atoms with Gasteiger partial charge < -0.3 is 15.2 Å². The third-order valence-corrected chi connectivity index (χ3v) is 3.34. The standard InChI is InChI=1S/C16H18FNO2/c1-10-7-8-11(9-14(10)20-3)16(18)12-5-4-6-13(19-2)15(12)17/h4-9,16H,18H2,1-3H3. The second kappa shape index (κ2) is 5.92. The van der Waals surface area contributed by atoms with E-state index in [1.165, 1.54) is 7.11 Å². The van der Waals surface area contributed by atoms with Crippen LogP contribution in [0.15, 0.2) is 36.4 Å². The molecule has 0 aromatic heterocycles. The molecule has 0 saturated heterocycles. The van der Waals surface area contributed by atoms with Crippen molar-refractivity contribution in [1.82, 2.24) is 0 Å².